The average molecular weight is 518 g/mol. The normalized spacial score (nSPS) is 23.6. The summed E-state index contributed by atoms with van der Waals surface area (Å²) in [6.45, 7) is 1.73. The number of aliphatic imine (C=N–C) groups is 1. The van der Waals surface area contributed by atoms with Crippen LogP contribution in [0.25, 0.3) is 0 Å². The summed E-state index contributed by atoms with van der Waals surface area (Å²) in [5.74, 6) is -0.680. The van der Waals surface area contributed by atoms with Gasteiger partial charge in [-0.1, -0.05) is 11.6 Å². The van der Waals surface area contributed by atoms with Crippen molar-refractivity contribution >= 4 is 39.2 Å². The minimum absolute atomic E-state index is 0.118. The van der Waals surface area contributed by atoms with Gasteiger partial charge in [-0.2, -0.15) is 13.2 Å². The van der Waals surface area contributed by atoms with Crippen molar-refractivity contribution in [1.29, 1.82) is 0 Å². The molecule has 9 nitrogen and oxygen atoms in total. The lowest BCUT2D eigenvalue weighted by Gasteiger charge is -2.40. The van der Waals surface area contributed by atoms with Gasteiger partial charge in [0.25, 0.3) is 5.91 Å². The van der Waals surface area contributed by atoms with Crippen LogP contribution in [0.3, 0.4) is 0 Å². The minimum Gasteiger partial charge on any atom is -0.493 e. The van der Waals surface area contributed by atoms with Crippen LogP contribution in [0.15, 0.2) is 35.5 Å². The Morgan fingerprint density at radius 1 is 1.35 bits per heavy atom. The second kappa shape index (κ2) is 8.01. The van der Waals surface area contributed by atoms with Crippen molar-refractivity contribution in [2.75, 3.05) is 19.0 Å². The van der Waals surface area contributed by atoms with E-state index in [0.29, 0.717) is 23.6 Å². The molecule has 1 aromatic heterocycles. The molecule has 0 spiro atoms. The molecular weight excluding hydrogens is 499 g/mol. The molecule has 3 heterocycles. The van der Waals surface area contributed by atoms with E-state index in [1.807, 2.05) is 0 Å². The van der Waals surface area contributed by atoms with Crippen LogP contribution in [0.1, 0.15) is 35.0 Å². The van der Waals surface area contributed by atoms with Crippen molar-refractivity contribution in [2.24, 2.45) is 10.7 Å². The van der Waals surface area contributed by atoms with E-state index in [0.717, 1.165) is 4.31 Å². The minimum atomic E-state index is -4.66. The Bertz CT molecular complexity index is 1320. The predicted octanol–water partition coefficient (Wildman–Crippen LogP) is 2.96. The largest absolute Gasteiger partial charge is 0.493 e. The molecule has 1 amide bonds. The first kappa shape index (κ1) is 24.1. The standard InChI is InChI=1S/C20H19ClF3N5O4S/c1-19-12-8-11(27-17(30)16-13(21)7-10(9-26-16)20(22,23)24)3-4-14(12)33-6-5-15(19)34(31,32)29(2)18(25)28-19/h3-4,7-9,15H,5-6H2,1-2H3,(H2,25,28)(H,27,30)/t15-,19+/m0/s1. The molecule has 0 saturated heterocycles. The lowest BCUT2D eigenvalue weighted by molar-refractivity contribution is -0.137. The summed E-state index contributed by atoms with van der Waals surface area (Å²) >= 11 is 5.86. The van der Waals surface area contributed by atoms with Crippen molar-refractivity contribution in [3.63, 3.8) is 0 Å². The number of benzene rings is 1. The van der Waals surface area contributed by atoms with E-state index in [9.17, 15) is 26.4 Å². The maximum atomic E-state index is 13.0. The molecule has 34 heavy (non-hydrogen) atoms. The van der Waals surface area contributed by atoms with Gasteiger partial charge in [0.2, 0.25) is 16.0 Å². The van der Waals surface area contributed by atoms with Crippen LogP contribution < -0.4 is 15.8 Å². The third kappa shape index (κ3) is 3.92. The Labute approximate surface area is 197 Å². The van der Waals surface area contributed by atoms with Gasteiger partial charge in [0.15, 0.2) is 0 Å². The molecule has 2 aromatic rings. The smallest absolute Gasteiger partial charge is 0.417 e. The van der Waals surface area contributed by atoms with Crippen molar-refractivity contribution < 1.29 is 31.1 Å². The van der Waals surface area contributed by atoms with Crippen molar-refractivity contribution in [2.45, 2.75) is 30.3 Å². The van der Waals surface area contributed by atoms with Gasteiger partial charge in [0, 0.05) is 30.9 Å². The number of anilines is 1. The molecule has 3 N–H and O–H groups in total. The van der Waals surface area contributed by atoms with Crippen LogP contribution in [-0.4, -0.2) is 48.5 Å². The quantitative estimate of drug-likeness (QED) is 0.630. The number of guanidine groups is 1. The fraction of sp³-hybridized carbons (Fsp3) is 0.350. The molecule has 0 aliphatic carbocycles. The number of nitrogens with two attached hydrogens (primary N) is 1. The van der Waals surface area contributed by atoms with Gasteiger partial charge < -0.3 is 15.8 Å². The lowest BCUT2D eigenvalue weighted by atomic mass is 9.87. The van der Waals surface area contributed by atoms with Crippen molar-refractivity contribution in [1.82, 2.24) is 9.29 Å². The maximum Gasteiger partial charge on any atom is 0.417 e. The van der Waals surface area contributed by atoms with E-state index in [-0.39, 0.29) is 24.7 Å². The van der Waals surface area contributed by atoms with Gasteiger partial charge in [0.05, 0.1) is 17.2 Å². The fourth-order valence-electron chi connectivity index (χ4n) is 4.01. The van der Waals surface area contributed by atoms with Crippen molar-refractivity contribution in [3.8, 4) is 5.75 Å². The van der Waals surface area contributed by atoms with E-state index in [1.165, 1.54) is 25.2 Å². The zero-order chi connectivity index (χ0) is 25.1. The van der Waals surface area contributed by atoms with Gasteiger partial charge in [-0.25, -0.2) is 22.7 Å². The topological polar surface area (TPSA) is 127 Å². The molecule has 2 aliphatic heterocycles. The third-order valence-electron chi connectivity index (χ3n) is 5.84. The number of aromatic nitrogens is 1. The van der Waals surface area contributed by atoms with E-state index in [2.05, 4.69) is 15.3 Å². The Balaban J connectivity index is 1.72. The zero-order valence-corrected chi connectivity index (χ0v) is 19.4. The van der Waals surface area contributed by atoms with Crippen LogP contribution in [0.4, 0.5) is 18.9 Å². The highest BCUT2D eigenvalue weighted by molar-refractivity contribution is 7.90. The van der Waals surface area contributed by atoms with E-state index in [4.69, 9.17) is 22.1 Å². The van der Waals surface area contributed by atoms with Crippen molar-refractivity contribution in [3.05, 3.63) is 52.3 Å². The highest BCUT2D eigenvalue weighted by Crippen LogP contribution is 2.46. The Kier molecular flexibility index (Phi) is 5.67. The molecule has 0 radical (unpaired) electrons. The molecule has 0 bridgehead atoms. The summed E-state index contributed by atoms with van der Waals surface area (Å²) in [6, 6.07) is 5.13. The molecule has 0 fully saturated rings. The summed E-state index contributed by atoms with van der Waals surface area (Å²) in [5, 5.41) is 1.07. The van der Waals surface area contributed by atoms with Crippen LogP contribution in [0.5, 0.6) is 5.75 Å². The first-order chi connectivity index (χ1) is 15.7. The van der Waals surface area contributed by atoms with Crippen LogP contribution in [-0.2, 0) is 21.7 Å². The number of hydrogen-bond acceptors (Lipinski definition) is 7. The fourth-order valence-corrected chi connectivity index (χ4v) is 6.10. The van der Waals surface area contributed by atoms with Gasteiger partial charge in [-0.3, -0.25) is 4.79 Å². The highest BCUT2D eigenvalue weighted by atomic mass is 35.5. The van der Waals surface area contributed by atoms with E-state index >= 15 is 0 Å². The van der Waals surface area contributed by atoms with E-state index < -0.39 is 49.2 Å². The Morgan fingerprint density at radius 2 is 2.06 bits per heavy atom. The molecule has 2 aliphatic rings. The van der Waals surface area contributed by atoms with Gasteiger partial charge in [-0.05, 0) is 31.2 Å². The number of amides is 1. The molecular formula is C20H19ClF3N5O4S. The number of sulfonamides is 1. The predicted molar refractivity (Wildman–Crippen MR) is 118 cm³/mol. The Morgan fingerprint density at radius 3 is 2.71 bits per heavy atom. The van der Waals surface area contributed by atoms with Gasteiger partial charge in [-0.15, -0.1) is 0 Å². The van der Waals surface area contributed by atoms with Crippen LogP contribution >= 0.6 is 11.6 Å². The molecule has 4 rings (SSSR count). The molecule has 182 valence electrons. The number of hydrogen-bond donors (Lipinski definition) is 2. The van der Waals surface area contributed by atoms with Crippen LogP contribution in [0.2, 0.25) is 5.02 Å². The van der Waals surface area contributed by atoms with Gasteiger partial charge >= 0.3 is 6.18 Å². The molecule has 14 heteroatoms. The third-order valence-corrected chi connectivity index (χ3v) is 8.49. The average Bonchev–Trinajstić information content (AvgIpc) is 2.88. The summed E-state index contributed by atoms with van der Waals surface area (Å²) in [7, 11) is -2.53. The molecule has 1 aromatic carbocycles. The van der Waals surface area contributed by atoms with Gasteiger partial charge in [0.1, 0.15) is 22.2 Å². The maximum absolute atomic E-state index is 13.0. The second-order valence-electron chi connectivity index (χ2n) is 7.97. The first-order valence-electron chi connectivity index (χ1n) is 9.89. The number of nitrogens with one attached hydrogen (secondary N) is 1. The summed E-state index contributed by atoms with van der Waals surface area (Å²) < 4.78 is 71.3. The SMILES string of the molecule is CN1C(N)=N[C@]2(C)c3cc(NC(=O)c4ncc(C(F)(F)F)cc4Cl)ccc3OCC[C@@H]2S1(=O)=O. The number of rotatable bonds is 2. The zero-order valence-electron chi connectivity index (χ0n) is 17.9. The molecule has 2 atom stereocenters. The highest BCUT2D eigenvalue weighted by Gasteiger charge is 2.52. The number of carbonyl (C=O) groups is 1. The number of ether oxygens (including phenoxy) is 1. The first-order valence-corrected chi connectivity index (χ1v) is 11.8. The van der Waals surface area contributed by atoms with Crippen LogP contribution in [0, 0.1) is 0 Å². The number of pyridine rings is 1. The Hall–Kier alpha value is -3.06. The number of nitrogens with zero attached hydrogens (tertiary/aromatic N) is 3. The molecule has 0 unspecified atom stereocenters. The number of carbonyl (C=O) groups excluding carboxylic acids is 1. The number of fused-ring (bicyclic) bond motifs is 3. The lowest BCUT2D eigenvalue weighted by Crippen LogP contribution is -2.56. The number of alkyl halides is 3. The number of halogens is 4. The monoisotopic (exact) mass is 517 g/mol. The van der Waals surface area contributed by atoms with E-state index in [1.54, 1.807) is 6.92 Å². The molecule has 0 saturated carbocycles. The summed E-state index contributed by atoms with van der Waals surface area (Å²) in [5.41, 5.74) is 3.66. The second-order valence-corrected chi connectivity index (χ2v) is 10.5. The summed E-state index contributed by atoms with van der Waals surface area (Å²) in [4.78, 5) is 20.7. The summed E-state index contributed by atoms with van der Waals surface area (Å²) in [6.07, 6.45) is -4.00.